The molecule has 0 spiro atoms. The Bertz CT molecular complexity index is 918. The van der Waals surface area contributed by atoms with E-state index in [9.17, 15) is 4.79 Å². The van der Waals surface area contributed by atoms with Gasteiger partial charge in [-0.1, -0.05) is 6.92 Å². The number of nitrogens with one attached hydrogen (secondary N) is 1. The molecule has 1 fully saturated rings. The van der Waals surface area contributed by atoms with Gasteiger partial charge in [-0.15, -0.1) is 0 Å². The molecule has 0 saturated carbocycles. The lowest BCUT2D eigenvalue weighted by molar-refractivity contribution is -0.118. The number of fused-ring (bicyclic) bond motifs is 3. The van der Waals surface area contributed by atoms with Crippen molar-refractivity contribution in [3.63, 3.8) is 0 Å². The van der Waals surface area contributed by atoms with Crippen LogP contribution in [-0.4, -0.2) is 50.3 Å². The Labute approximate surface area is 146 Å². The Hall–Kier alpha value is -2.41. The number of H-pyrrole nitrogens is 1. The van der Waals surface area contributed by atoms with Gasteiger partial charge in [0.25, 0.3) is 0 Å². The third kappa shape index (κ3) is 2.89. The molecular formula is C18H24N6O. The monoisotopic (exact) mass is 340 g/mol. The van der Waals surface area contributed by atoms with Crippen LogP contribution in [-0.2, 0) is 4.79 Å². The van der Waals surface area contributed by atoms with E-state index >= 15 is 0 Å². The summed E-state index contributed by atoms with van der Waals surface area (Å²) in [7, 11) is 2.17. The van der Waals surface area contributed by atoms with E-state index in [-0.39, 0.29) is 11.8 Å². The van der Waals surface area contributed by atoms with Gasteiger partial charge in [0.2, 0.25) is 5.91 Å². The standard InChI is InChI=1S/C18H24N6O/c1-11(7-15(19)25)13-8-20-18-17(13)24-10-14(22-16(24)9-21-18)12-3-5-23(2)6-4-12/h8-12,20H,3-7H2,1-2H3,(H2,19,25). The van der Waals surface area contributed by atoms with E-state index in [0.29, 0.717) is 12.3 Å². The van der Waals surface area contributed by atoms with Gasteiger partial charge in [0.1, 0.15) is 0 Å². The van der Waals surface area contributed by atoms with Crippen molar-refractivity contribution < 1.29 is 4.79 Å². The molecule has 1 atom stereocenters. The molecule has 3 N–H and O–H groups in total. The van der Waals surface area contributed by atoms with Crippen molar-refractivity contribution in [2.24, 2.45) is 5.73 Å². The number of carbonyl (C=O) groups is 1. The number of aromatic amines is 1. The van der Waals surface area contributed by atoms with Gasteiger partial charge >= 0.3 is 0 Å². The van der Waals surface area contributed by atoms with Crippen LogP contribution >= 0.6 is 0 Å². The van der Waals surface area contributed by atoms with E-state index in [2.05, 4.69) is 32.5 Å². The maximum atomic E-state index is 11.3. The molecule has 0 radical (unpaired) electrons. The number of carbonyl (C=O) groups excluding carboxylic acids is 1. The highest BCUT2D eigenvalue weighted by molar-refractivity contribution is 5.81. The molecule has 0 bridgehead atoms. The van der Waals surface area contributed by atoms with Crippen LogP contribution in [0.25, 0.3) is 16.8 Å². The summed E-state index contributed by atoms with van der Waals surface area (Å²) in [4.78, 5) is 26.2. The quantitative estimate of drug-likeness (QED) is 0.760. The molecule has 7 nitrogen and oxygen atoms in total. The fourth-order valence-electron chi connectivity index (χ4n) is 3.87. The van der Waals surface area contributed by atoms with E-state index in [0.717, 1.165) is 54.0 Å². The molecule has 3 aromatic rings. The minimum atomic E-state index is -0.292. The summed E-state index contributed by atoms with van der Waals surface area (Å²) in [5, 5.41) is 0. The van der Waals surface area contributed by atoms with Gasteiger partial charge in [-0.05, 0) is 44.5 Å². The maximum absolute atomic E-state index is 11.3. The Kier molecular flexibility index (Phi) is 3.95. The second kappa shape index (κ2) is 6.15. The SMILES string of the molecule is CC(CC(N)=O)c1c[nH]c2ncc3nc(C4CCN(C)CC4)cn3c12. The smallest absolute Gasteiger partial charge is 0.218 e. The summed E-state index contributed by atoms with van der Waals surface area (Å²) in [6.45, 7) is 4.23. The molecular weight excluding hydrogens is 316 g/mol. The molecule has 3 aromatic heterocycles. The number of piperidine rings is 1. The number of aromatic nitrogens is 4. The van der Waals surface area contributed by atoms with Gasteiger partial charge in [0.15, 0.2) is 11.3 Å². The average molecular weight is 340 g/mol. The zero-order valence-corrected chi connectivity index (χ0v) is 14.7. The van der Waals surface area contributed by atoms with E-state index in [1.54, 1.807) is 6.20 Å². The van der Waals surface area contributed by atoms with E-state index in [1.165, 1.54) is 0 Å². The second-order valence-electron chi connectivity index (χ2n) is 7.24. The third-order valence-corrected chi connectivity index (χ3v) is 5.34. The van der Waals surface area contributed by atoms with Crippen LogP contribution in [0.1, 0.15) is 49.3 Å². The zero-order chi connectivity index (χ0) is 17.6. The lowest BCUT2D eigenvalue weighted by atomic mass is 9.94. The maximum Gasteiger partial charge on any atom is 0.218 e. The first kappa shape index (κ1) is 16.1. The molecule has 4 rings (SSSR count). The molecule has 1 aliphatic rings. The summed E-state index contributed by atoms with van der Waals surface area (Å²) in [5.74, 6) is 0.240. The fourth-order valence-corrected chi connectivity index (χ4v) is 3.87. The first-order valence-corrected chi connectivity index (χ1v) is 8.84. The van der Waals surface area contributed by atoms with Crippen LogP contribution in [0.2, 0.25) is 0 Å². The molecule has 132 valence electrons. The summed E-state index contributed by atoms with van der Waals surface area (Å²) in [6, 6.07) is 0. The van der Waals surface area contributed by atoms with Crippen molar-refractivity contribution in [3.8, 4) is 0 Å². The zero-order valence-electron chi connectivity index (χ0n) is 14.7. The average Bonchev–Trinajstić information content (AvgIpc) is 3.18. The lowest BCUT2D eigenvalue weighted by Gasteiger charge is -2.27. The highest BCUT2D eigenvalue weighted by Crippen LogP contribution is 2.31. The second-order valence-corrected chi connectivity index (χ2v) is 7.24. The fraction of sp³-hybridized carbons (Fsp3) is 0.500. The summed E-state index contributed by atoms with van der Waals surface area (Å²) >= 11 is 0. The topological polar surface area (TPSA) is 92.3 Å². The van der Waals surface area contributed by atoms with E-state index < -0.39 is 0 Å². The Morgan fingerprint density at radius 1 is 1.44 bits per heavy atom. The van der Waals surface area contributed by atoms with Crippen molar-refractivity contribution in [2.75, 3.05) is 20.1 Å². The molecule has 0 aliphatic carbocycles. The molecule has 1 aliphatic heterocycles. The first-order valence-electron chi connectivity index (χ1n) is 8.84. The number of likely N-dealkylation sites (tertiary alicyclic amines) is 1. The minimum Gasteiger partial charge on any atom is -0.370 e. The number of rotatable bonds is 4. The predicted molar refractivity (Wildman–Crippen MR) is 96.5 cm³/mol. The summed E-state index contributed by atoms with van der Waals surface area (Å²) < 4.78 is 2.11. The van der Waals surface area contributed by atoms with Gasteiger partial charge in [0, 0.05) is 24.7 Å². The number of amides is 1. The van der Waals surface area contributed by atoms with Crippen molar-refractivity contribution in [2.45, 2.75) is 38.0 Å². The number of imidazole rings is 1. The van der Waals surface area contributed by atoms with Crippen LogP contribution in [0.3, 0.4) is 0 Å². The van der Waals surface area contributed by atoms with Crippen LogP contribution in [0.4, 0.5) is 0 Å². The Morgan fingerprint density at radius 3 is 2.92 bits per heavy atom. The highest BCUT2D eigenvalue weighted by atomic mass is 16.1. The van der Waals surface area contributed by atoms with Crippen molar-refractivity contribution >= 4 is 22.7 Å². The molecule has 7 heteroatoms. The first-order chi connectivity index (χ1) is 12.0. The molecule has 1 saturated heterocycles. The van der Waals surface area contributed by atoms with Crippen LogP contribution in [0.5, 0.6) is 0 Å². The van der Waals surface area contributed by atoms with Crippen molar-refractivity contribution in [1.29, 1.82) is 0 Å². The molecule has 4 heterocycles. The minimum absolute atomic E-state index is 0.0350. The third-order valence-electron chi connectivity index (χ3n) is 5.34. The highest BCUT2D eigenvalue weighted by Gasteiger charge is 2.23. The molecule has 1 unspecified atom stereocenters. The largest absolute Gasteiger partial charge is 0.370 e. The normalized spacial score (nSPS) is 18.2. The predicted octanol–water partition coefficient (Wildman–Crippen LogP) is 2.00. The number of hydrogen-bond acceptors (Lipinski definition) is 4. The number of nitrogens with two attached hydrogens (primary N) is 1. The number of nitrogens with zero attached hydrogens (tertiary/aromatic N) is 4. The van der Waals surface area contributed by atoms with Gasteiger partial charge in [-0.25, -0.2) is 9.97 Å². The number of primary amides is 1. The van der Waals surface area contributed by atoms with Crippen LogP contribution < -0.4 is 5.73 Å². The molecule has 1 amide bonds. The Morgan fingerprint density at radius 2 is 2.20 bits per heavy atom. The number of hydrogen-bond donors (Lipinski definition) is 2. The van der Waals surface area contributed by atoms with Gasteiger partial charge in [-0.2, -0.15) is 0 Å². The van der Waals surface area contributed by atoms with E-state index in [4.69, 9.17) is 10.7 Å². The molecule has 0 aromatic carbocycles. The molecule has 25 heavy (non-hydrogen) atoms. The summed E-state index contributed by atoms with van der Waals surface area (Å²) in [6.07, 6.45) is 8.47. The van der Waals surface area contributed by atoms with E-state index in [1.807, 2.05) is 13.1 Å². The van der Waals surface area contributed by atoms with Gasteiger partial charge < -0.3 is 15.6 Å². The van der Waals surface area contributed by atoms with Crippen molar-refractivity contribution in [1.82, 2.24) is 24.3 Å². The van der Waals surface area contributed by atoms with Crippen LogP contribution in [0.15, 0.2) is 18.6 Å². The van der Waals surface area contributed by atoms with Crippen molar-refractivity contribution in [3.05, 3.63) is 29.8 Å². The Balaban J connectivity index is 1.77. The van der Waals surface area contributed by atoms with Gasteiger partial charge in [-0.3, -0.25) is 9.20 Å². The lowest BCUT2D eigenvalue weighted by Crippen LogP contribution is -2.29. The van der Waals surface area contributed by atoms with Crippen LogP contribution in [0, 0.1) is 0 Å². The summed E-state index contributed by atoms with van der Waals surface area (Å²) in [5.41, 5.74) is 10.2. The van der Waals surface area contributed by atoms with Gasteiger partial charge in [0.05, 0.1) is 17.4 Å².